The topological polar surface area (TPSA) is 55.1 Å². The number of rotatable bonds is 1. The summed E-state index contributed by atoms with van der Waals surface area (Å²) in [5.41, 5.74) is 1.20. The Bertz CT molecular complexity index is 943. The number of H-pyrrole nitrogens is 1. The molecule has 0 aliphatic heterocycles. The summed E-state index contributed by atoms with van der Waals surface area (Å²) >= 11 is 6.93. The minimum atomic E-state index is -0.0114. The zero-order chi connectivity index (χ0) is 13.9. The minimum Gasteiger partial charge on any atom is -0.286 e. The summed E-state index contributed by atoms with van der Waals surface area (Å²) in [4.78, 5) is 19.6. The number of thiophene rings is 1. The van der Waals surface area contributed by atoms with Crippen molar-refractivity contribution in [2.45, 2.75) is 39.2 Å². The quantitative estimate of drug-likeness (QED) is 0.703. The SMILES string of the molecule is CCn1c(=S)[nH]n2c(=O)c3c4c(sc3nc12)CCCC4. The van der Waals surface area contributed by atoms with Gasteiger partial charge in [-0.25, -0.2) is 4.98 Å². The summed E-state index contributed by atoms with van der Waals surface area (Å²) in [5, 5.41) is 3.75. The normalized spacial score (nSPS) is 15.1. The lowest BCUT2D eigenvalue weighted by atomic mass is 9.97. The number of nitrogens with zero attached hydrogens (tertiary/aromatic N) is 3. The maximum atomic E-state index is 12.7. The molecule has 5 nitrogen and oxygen atoms in total. The Morgan fingerprint density at radius 1 is 1.40 bits per heavy atom. The van der Waals surface area contributed by atoms with Gasteiger partial charge in [0, 0.05) is 11.4 Å². The van der Waals surface area contributed by atoms with E-state index in [0.29, 0.717) is 17.1 Å². The maximum Gasteiger partial charge on any atom is 0.283 e. The largest absolute Gasteiger partial charge is 0.286 e. The van der Waals surface area contributed by atoms with Crippen LogP contribution >= 0.6 is 23.6 Å². The van der Waals surface area contributed by atoms with Gasteiger partial charge in [-0.05, 0) is 50.4 Å². The van der Waals surface area contributed by atoms with Crippen molar-refractivity contribution in [3.8, 4) is 0 Å². The van der Waals surface area contributed by atoms with Crippen LogP contribution in [0.5, 0.6) is 0 Å². The van der Waals surface area contributed by atoms with E-state index in [4.69, 9.17) is 12.2 Å². The molecular formula is C13H14N4OS2. The molecule has 1 aliphatic rings. The molecule has 0 saturated heterocycles. The van der Waals surface area contributed by atoms with Crippen molar-refractivity contribution in [3.05, 3.63) is 25.6 Å². The number of hydrogen-bond donors (Lipinski definition) is 1. The van der Waals surface area contributed by atoms with Crippen LogP contribution in [0.4, 0.5) is 0 Å². The number of nitrogens with one attached hydrogen (secondary N) is 1. The van der Waals surface area contributed by atoms with Crippen molar-refractivity contribution in [3.63, 3.8) is 0 Å². The lowest BCUT2D eigenvalue weighted by molar-refractivity contribution is 0.699. The lowest BCUT2D eigenvalue weighted by Crippen LogP contribution is -2.17. The molecule has 3 aromatic rings. The predicted octanol–water partition coefficient (Wildman–Crippen LogP) is 2.67. The lowest BCUT2D eigenvalue weighted by Gasteiger charge is -2.09. The van der Waals surface area contributed by atoms with E-state index in [-0.39, 0.29) is 5.56 Å². The highest BCUT2D eigenvalue weighted by Gasteiger charge is 2.21. The molecule has 0 fully saturated rings. The second-order valence-electron chi connectivity index (χ2n) is 5.10. The fraction of sp³-hybridized carbons (Fsp3) is 0.462. The molecule has 20 heavy (non-hydrogen) atoms. The van der Waals surface area contributed by atoms with E-state index < -0.39 is 0 Å². The second-order valence-corrected chi connectivity index (χ2v) is 6.57. The van der Waals surface area contributed by atoms with Gasteiger partial charge in [0.1, 0.15) is 4.83 Å². The average molecular weight is 306 g/mol. The molecule has 4 rings (SSSR count). The second kappa shape index (κ2) is 4.26. The molecule has 0 radical (unpaired) electrons. The molecule has 0 atom stereocenters. The van der Waals surface area contributed by atoms with Crippen molar-refractivity contribution < 1.29 is 0 Å². The van der Waals surface area contributed by atoms with Crippen LogP contribution in [-0.4, -0.2) is 19.2 Å². The Labute approximate surface area is 123 Å². The van der Waals surface area contributed by atoms with Crippen LogP contribution in [0, 0.1) is 4.77 Å². The van der Waals surface area contributed by atoms with E-state index in [1.165, 1.54) is 21.4 Å². The third-order valence-electron chi connectivity index (χ3n) is 3.98. The Hall–Kier alpha value is -1.47. The number of aromatic amines is 1. The van der Waals surface area contributed by atoms with Gasteiger partial charge < -0.3 is 0 Å². The van der Waals surface area contributed by atoms with Gasteiger partial charge in [0.05, 0.1) is 5.39 Å². The first-order valence-electron chi connectivity index (χ1n) is 6.86. The Balaban J connectivity index is 2.20. The van der Waals surface area contributed by atoms with Crippen LogP contribution in [-0.2, 0) is 19.4 Å². The summed E-state index contributed by atoms with van der Waals surface area (Å²) in [7, 11) is 0. The fourth-order valence-corrected chi connectivity index (χ4v) is 4.56. The number of hydrogen-bond acceptors (Lipinski definition) is 4. The van der Waals surface area contributed by atoms with Crippen LogP contribution in [0.25, 0.3) is 16.0 Å². The third kappa shape index (κ3) is 1.50. The zero-order valence-corrected chi connectivity index (χ0v) is 12.7. The van der Waals surface area contributed by atoms with E-state index in [1.54, 1.807) is 11.3 Å². The predicted molar refractivity (Wildman–Crippen MR) is 82.3 cm³/mol. The molecule has 104 valence electrons. The average Bonchev–Trinajstić information content (AvgIpc) is 2.96. The summed E-state index contributed by atoms with van der Waals surface area (Å²) in [6.45, 7) is 2.70. The standard InChI is InChI=1S/C13H14N4OS2/c1-2-16-12-14-10-9(11(18)17(12)15-13(16)19)7-5-3-4-6-8(7)20-10/h2-6H2,1H3,(H,15,19). The van der Waals surface area contributed by atoms with Crippen LogP contribution in [0.1, 0.15) is 30.2 Å². The van der Waals surface area contributed by atoms with Gasteiger partial charge in [-0.1, -0.05) is 0 Å². The molecular weight excluding hydrogens is 292 g/mol. The van der Waals surface area contributed by atoms with Crippen LogP contribution < -0.4 is 5.56 Å². The molecule has 3 aromatic heterocycles. The third-order valence-corrected chi connectivity index (χ3v) is 5.48. The van der Waals surface area contributed by atoms with Crippen molar-refractivity contribution in [1.29, 1.82) is 0 Å². The van der Waals surface area contributed by atoms with Crippen molar-refractivity contribution >= 4 is 39.5 Å². The molecule has 1 N–H and O–H groups in total. The molecule has 1 aliphatic carbocycles. The van der Waals surface area contributed by atoms with Crippen molar-refractivity contribution in [2.24, 2.45) is 0 Å². The molecule has 0 bridgehead atoms. The molecule has 0 spiro atoms. The highest BCUT2D eigenvalue weighted by Crippen LogP contribution is 2.33. The summed E-state index contributed by atoms with van der Waals surface area (Å²) in [5.74, 6) is 0.619. The molecule has 0 unspecified atom stereocenters. The van der Waals surface area contributed by atoms with Crippen LogP contribution in [0.3, 0.4) is 0 Å². The molecule has 7 heteroatoms. The number of aromatic nitrogens is 4. The van der Waals surface area contributed by atoms with Crippen molar-refractivity contribution in [1.82, 2.24) is 19.2 Å². The summed E-state index contributed by atoms with van der Waals surface area (Å²) in [6.07, 6.45) is 4.44. The van der Waals surface area contributed by atoms with E-state index in [2.05, 4.69) is 10.1 Å². The van der Waals surface area contributed by atoms with Gasteiger partial charge in [0.15, 0.2) is 4.77 Å². The highest BCUT2D eigenvalue weighted by molar-refractivity contribution is 7.71. The van der Waals surface area contributed by atoms with Crippen LogP contribution in [0.2, 0.25) is 0 Å². The first-order chi connectivity index (χ1) is 9.70. The summed E-state index contributed by atoms with van der Waals surface area (Å²) in [6, 6.07) is 0. The summed E-state index contributed by atoms with van der Waals surface area (Å²) < 4.78 is 3.90. The van der Waals surface area contributed by atoms with Gasteiger partial charge in [0.25, 0.3) is 5.56 Å². The minimum absolute atomic E-state index is 0.0114. The first kappa shape index (κ1) is 12.3. The number of aryl methyl sites for hydroxylation is 3. The highest BCUT2D eigenvalue weighted by atomic mass is 32.1. The Kier molecular flexibility index (Phi) is 2.62. The van der Waals surface area contributed by atoms with E-state index >= 15 is 0 Å². The first-order valence-corrected chi connectivity index (χ1v) is 8.09. The van der Waals surface area contributed by atoms with Crippen LogP contribution in [0.15, 0.2) is 4.79 Å². The zero-order valence-electron chi connectivity index (χ0n) is 11.1. The van der Waals surface area contributed by atoms with E-state index in [0.717, 1.165) is 29.5 Å². The Morgan fingerprint density at radius 2 is 2.20 bits per heavy atom. The molecule has 0 saturated carbocycles. The van der Waals surface area contributed by atoms with Gasteiger partial charge in [0.2, 0.25) is 5.78 Å². The van der Waals surface area contributed by atoms with Gasteiger partial charge in [-0.15, -0.1) is 11.3 Å². The molecule has 0 aromatic carbocycles. The van der Waals surface area contributed by atoms with Gasteiger partial charge in [-0.2, -0.15) is 4.52 Å². The monoisotopic (exact) mass is 306 g/mol. The number of fused-ring (bicyclic) bond motifs is 4. The maximum absolute atomic E-state index is 12.7. The van der Waals surface area contributed by atoms with E-state index in [1.807, 2.05) is 11.5 Å². The Morgan fingerprint density at radius 3 is 3.00 bits per heavy atom. The van der Waals surface area contributed by atoms with E-state index in [9.17, 15) is 4.79 Å². The van der Waals surface area contributed by atoms with Gasteiger partial charge >= 0.3 is 0 Å². The molecule has 3 heterocycles. The smallest absolute Gasteiger partial charge is 0.283 e. The fourth-order valence-electron chi connectivity index (χ4n) is 3.01. The molecule has 0 amide bonds. The van der Waals surface area contributed by atoms with Gasteiger partial charge in [-0.3, -0.25) is 14.5 Å². The van der Waals surface area contributed by atoms with Crippen molar-refractivity contribution in [2.75, 3.05) is 0 Å².